The lowest BCUT2D eigenvalue weighted by Gasteiger charge is -2.23. The van der Waals surface area contributed by atoms with Crippen LogP contribution in [-0.2, 0) is 14.2 Å². The second-order valence-corrected chi connectivity index (χ2v) is 7.89. The van der Waals surface area contributed by atoms with Gasteiger partial charge in [-0.15, -0.1) is 0 Å². The van der Waals surface area contributed by atoms with E-state index < -0.39 is 6.29 Å². The van der Waals surface area contributed by atoms with Gasteiger partial charge in [0.2, 0.25) is 0 Å². The van der Waals surface area contributed by atoms with Gasteiger partial charge in [-0.2, -0.15) is 0 Å². The highest BCUT2D eigenvalue weighted by Gasteiger charge is 2.18. The van der Waals surface area contributed by atoms with Crippen LogP contribution >= 0.6 is 0 Å². The van der Waals surface area contributed by atoms with Crippen molar-refractivity contribution in [3.63, 3.8) is 0 Å². The Kier molecular flexibility index (Phi) is 21.2. The van der Waals surface area contributed by atoms with E-state index in [1.54, 1.807) is 14.2 Å². The summed E-state index contributed by atoms with van der Waals surface area (Å²) in [7, 11) is 4.95. The summed E-state index contributed by atoms with van der Waals surface area (Å²) in [5.41, 5.74) is 1.20. The molecular formula is C25H50O5. The van der Waals surface area contributed by atoms with Crippen molar-refractivity contribution in [1.29, 1.82) is 0 Å². The molecule has 0 bridgehead atoms. The molecular weight excluding hydrogens is 380 g/mol. The van der Waals surface area contributed by atoms with Gasteiger partial charge in [-0.1, -0.05) is 58.4 Å². The Labute approximate surface area is 186 Å². The standard InChI is InChI=1S/C23H44O5.C2H6/c1-8-22(27-6)19(4)12-14-21(24)18(3)11-9-10-17(2)16-20(26-5)13-15-23(25)28-7;1-2/h9-11,18-25H,8,12-16H2,1-7H3;1-2H3/b11-9+,17-10+;. The molecule has 0 aromatic heterocycles. The Morgan fingerprint density at radius 1 is 0.900 bits per heavy atom. The molecule has 0 aromatic carbocycles. The summed E-state index contributed by atoms with van der Waals surface area (Å²) < 4.78 is 15.8. The predicted octanol–water partition coefficient (Wildman–Crippen LogP) is 5.50. The minimum atomic E-state index is -0.733. The minimum absolute atomic E-state index is 0.0613. The number of aliphatic hydroxyl groups is 2. The van der Waals surface area contributed by atoms with Crippen molar-refractivity contribution in [3.8, 4) is 0 Å². The van der Waals surface area contributed by atoms with Gasteiger partial charge >= 0.3 is 0 Å². The van der Waals surface area contributed by atoms with E-state index in [9.17, 15) is 10.2 Å². The van der Waals surface area contributed by atoms with Gasteiger partial charge in [0, 0.05) is 33.7 Å². The lowest BCUT2D eigenvalue weighted by Crippen LogP contribution is -2.23. The third-order valence-electron chi connectivity index (χ3n) is 5.55. The first-order chi connectivity index (χ1) is 14.3. The summed E-state index contributed by atoms with van der Waals surface area (Å²) in [6.07, 6.45) is 10.3. The summed E-state index contributed by atoms with van der Waals surface area (Å²) >= 11 is 0. The highest BCUT2D eigenvalue weighted by molar-refractivity contribution is 5.12. The van der Waals surface area contributed by atoms with Gasteiger partial charge in [-0.05, 0) is 44.9 Å². The van der Waals surface area contributed by atoms with Gasteiger partial charge in [0.05, 0.1) is 18.3 Å². The number of rotatable bonds is 16. The lowest BCUT2D eigenvalue weighted by molar-refractivity contribution is -0.0854. The molecule has 30 heavy (non-hydrogen) atoms. The highest BCUT2D eigenvalue weighted by atomic mass is 16.6. The number of hydrogen-bond donors (Lipinski definition) is 2. The first-order valence-corrected chi connectivity index (χ1v) is 11.6. The van der Waals surface area contributed by atoms with Crippen molar-refractivity contribution >= 4 is 0 Å². The largest absolute Gasteiger partial charge is 0.393 e. The maximum absolute atomic E-state index is 10.4. The second kappa shape index (κ2) is 20.2. The van der Waals surface area contributed by atoms with Crippen LogP contribution in [0.1, 0.15) is 80.1 Å². The van der Waals surface area contributed by atoms with Crippen LogP contribution < -0.4 is 0 Å². The van der Waals surface area contributed by atoms with Crippen molar-refractivity contribution in [3.05, 3.63) is 23.8 Å². The van der Waals surface area contributed by atoms with Gasteiger partial charge in [-0.25, -0.2) is 0 Å². The Morgan fingerprint density at radius 3 is 2.03 bits per heavy atom. The number of hydrogen-bond acceptors (Lipinski definition) is 5. The fraction of sp³-hybridized carbons (Fsp3) is 0.840. The van der Waals surface area contributed by atoms with Crippen molar-refractivity contribution in [1.82, 2.24) is 0 Å². The fourth-order valence-electron chi connectivity index (χ4n) is 3.38. The molecule has 5 heteroatoms. The third kappa shape index (κ3) is 15.1. The maximum Gasteiger partial charge on any atom is 0.154 e. The first kappa shape index (κ1) is 31.5. The molecule has 6 atom stereocenters. The molecule has 0 radical (unpaired) electrons. The molecule has 0 saturated carbocycles. The van der Waals surface area contributed by atoms with Gasteiger partial charge in [0.25, 0.3) is 0 Å². The highest BCUT2D eigenvalue weighted by Crippen LogP contribution is 2.20. The topological polar surface area (TPSA) is 68.2 Å². The number of methoxy groups -OCH3 is 3. The van der Waals surface area contributed by atoms with E-state index >= 15 is 0 Å². The molecule has 0 heterocycles. The van der Waals surface area contributed by atoms with Crippen LogP contribution in [0.5, 0.6) is 0 Å². The fourth-order valence-corrected chi connectivity index (χ4v) is 3.38. The second-order valence-electron chi connectivity index (χ2n) is 7.89. The summed E-state index contributed by atoms with van der Waals surface area (Å²) in [5.74, 6) is 0.555. The van der Waals surface area contributed by atoms with Crippen molar-refractivity contribution in [2.45, 2.75) is 105 Å². The number of allylic oxidation sites excluding steroid dienone is 2. The Balaban J connectivity index is 0. The molecule has 6 unspecified atom stereocenters. The van der Waals surface area contributed by atoms with Crippen LogP contribution in [0.25, 0.3) is 0 Å². The predicted molar refractivity (Wildman–Crippen MR) is 127 cm³/mol. The van der Waals surface area contributed by atoms with Crippen LogP contribution in [0.15, 0.2) is 23.8 Å². The molecule has 2 N–H and O–H groups in total. The Hall–Kier alpha value is -0.720. The van der Waals surface area contributed by atoms with Gasteiger partial charge in [-0.3, -0.25) is 0 Å². The van der Waals surface area contributed by atoms with Crippen LogP contribution in [0.3, 0.4) is 0 Å². The molecule has 0 fully saturated rings. The van der Waals surface area contributed by atoms with Gasteiger partial charge < -0.3 is 24.4 Å². The Bertz CT molecular complexity index is 431. The zero-order valence-electron chi connectivity index (χ0n) is 21.1. The van der Waals surface area contributed by atoms with Crippen LogP contribution in [0.2, 0.25) is 0 Å². The molecule has 0 aromatic rings. The van der Waals surface area contributed by atoms with E-state index in [2.05, 4.69) is 32.9 Å². The average Bonchev–Trinajstić information content (AvgIpc) is 2.76. The smallest absolute Gasteiger partial charge is 0.154 e. The van der Waals surface area contributed by atoms with E-state index in [4.69, 9.17) is 14.2 Å². The van der Waals surface area contributed by atoms with E-state index in [-0.39, 0.29) is 24.2 Å². The van der Waals surface area contributed by atoms with Crippen molar-refractivity contribution in [2.75, 3.05) is 21.3 Å². The monoisotopic (exact) mass is 430 g/mol. The summed E-state index contributed by atoms with van der Waals surface area (Å²) in [5, 5.41) is 19.9. The zero-order valence-corrected chi connectivity index (χ0v) is 21.1. The molecule has 0 amide bonds. The molecule has 0 aliphatic rings. The number of ether oxygens (including phenoxy) is 3. The number of aliphatic hydroxyl groups excluding tert-OH is 2. The molecule has 0 aliphatic carbocycles. The van der Waals surface area contributed by atoms with E-state index in [0.29, 0.717) is 12.3 Å². The van der Waals surface area contributed by atoms with Crippen molar-refractivity contribution < 1.29 is 24.4 Å². The summed E-state index contributed by atoms with van der Waals surface area (Å²) in [6.45, 7) is 12.4. The van der Waals surface area contributed by atoms with E-state index in [0.717, 1.165) is 32.1 Å². The summed E-state index contributed by atoms with van der Waals surface area (Å²) in [4.78, 5) is 0. The SMILES string of the molecule is CC.CCC(OC)C(C)CCC(O)C(C)/C=C/C=C(\C)CC(CCC(O)OC)OC. The Morgan fingerprint density at radius 2 is 1.53 bits per heavy atom. The van der Waals surface area contributed by atoms with E-state index in [1.165, 1.54) is 12.7 Å². The van der Waals surface area contributed by atoms with Crippen molar-refractivity contribution in [2.24, 2.45) is 11.8 Å². The molecule has 5 nitrogen and oxygen atoms in total. The molecule has 0 saturated heterocycles. The van der Waals surface area contributed by atoms with E-state index in [1.807, 2.05) is 26.8 Å². The zero-order chi connectivity index (χ0) is 23.5. The van der Waals surface area contributed by atoms with Crippen LogP contribution in [0.4, 0.5) is 0 Å². The van der Waals surface area contributed by atoms with Gasteiger partial charge in [0.1, 0.15) is 0 Å². The third-order valence-corrected chi connectivity index (χ3v) is 5.55. The normalized spacial score (nSPS) is 18.3. The van der Waals surface area contributed by atoms with Gasteiger partial charge in [0.15, 0.2) is 6.29 Å². The minimum Gasteiger partial charge on any atom is -0.393 e. The quantitative estimate of drug-likeness (QED) is 0.250. The lowest BCUT2D eigenvalue weighted by atomic mass is 9.91. The molecule has 180 valence electrons. The molecule has 0 rings (SSSR count). The van der Waals surface area contributed by atoms with Crippen LogP contribution in [-0.4, -0.2) is 56.1 Å². The average molecular weight is 431 g/mol. The van der Waals surface area contributed by atoms with Crippen LogP contribution in [0, 0.1) is 11.8 Å². The molecule has 0 spiro atoms. The molecule has 0 aliphatic heterocycles. The summed E-state index contributed by atoms with van der Waals surface area (Å²) in [6, 6.07) is 0. The first-order valence-electron chi connectivity index (χ1n) is 11.6. The maximum atomic E-state index is 10.4.